The van der Waals surface area contributed by atoms with E-state index >= 15 is 0 Å². The summed E-state index contributed by atoms with van der Waals surface area (Å²) in [5.41, 5.74) is -0.968. The summed E-state index contributed by atoms with van der Waals surface area (Å²) in [7, 11) is 0. The lowest BCUT2D eigenvalue weighted by molar-refractivity contribution is -0.133. The van der Waals surface area contributed by atoms with Crippen molar-refractivity contribution in [2.45, 2.75) is 121 Å². The Morgan fingerprint density at radius 2 is 0.541 bits per heavy atom. The van der Waals surface area contributed by atoms with E-state index < -0.39 is 130 Å². The van der Waals surface area contributed by atoms with Crippen molar-refractivity contribution in [3.63, 3.8) is 0 Å². The number of rotatable bonds is 8. The maximum Gasteiger partial charge on any atom is 0.308 e. The molecule has 98 heavy (non-hydrogen) atoms. The molecule has 8 unspecified atom stereocenters. The minimum absolute atomic E-state index is 0.0155. The third kappa shape index (κ3) is 11.2. The molecular formula is C72H64O26. The average molecular weight is 1350 g/mol. The van der Waals surface area contributed by atoms with E-state index in [1.54, 1.807) is 55.4 Å². The molecule has 508 valence electrons. The van der Waals surface area contributed by atoms with E-state index in [4.69, 9.17) is 47.4 Å². The molecule has 0 fully saturated rings. The highest BCUT2D eigenvalue weighted by Gasteiger charge is 2.43. The molecule has 0 bridgehead atoms. The molecule has 0 spiro atoms. The van der Waals surface area contributed by atoms with Crippen molar-refractivity contribution in [2.75, 3.05) is 0 Å². The Kier molecular flexibility index (Phi) is 17.1. The number of ketones is 4. The molecular weight excluding hydrogens is 1280 g/mol. The fraction of sp³-hybridized carbons (Fsp3) is 0.306. The van der Waals surface area contributed by atoms with Crippen LogP contribution >= 0.6 is 0 Å². The maximum atomic E-state index is 14.0. The van der Waals surface area contributed by atoms with Crippen LogP contribution in [-0.2, 0) is 28.8 Å². The first-order chi connectivity index (χ1) is 46.0. The second-order valence-electron chi connectivity index (χ2n) is 24.6. The van der Waals surface area contributed by atoms with Crippen molar-refractivity contribution in [3.05, 3.63) is 70.8 Å². The molecule has 0 aromatic heterocycles. The van der Waals surface area contributed by atoms with Gasteiger partial charge in [0, 0.05) is 110 Å². The van der Waals surface area contributed by atoms with Crippen LogP contribution in [0.15, 0.2) is 48.5 Å². The summed E-state index contributed by atoms with van der Waals surface area (Å²) < 4.78 is 58.5. The van der Waals surface area contributed by atoms with Gasteiger partial charge in [-0.05, 0) is 52.0 Å². The van der Waals surface area contributed by atoms with E-state index in [2.05, 4.69) is 0 Å². The topological polar surface area (TPSA) is 384 Å². The Labute approximate surface area is 556 Å². The number of esters is 6. The number of aromatic hydroxyl groups is 6. The molecule has 0 saturated carbocycles. The van der Waals surface area contributed by atoms with Crippen LogP contribution in [0.2, 0.25) is 0 Å². The summed E-state index contributed by atoms with van der Waals surface area (Å²) in [5.74, 6) is -14.8. The SMILES string of the molecule is CC(=O)Oc1cc(OC(C)=O)c2c(OC(C)=O)c3c(cc2c1-c1c(OC(C)=O)cc(OC(C)=O)c2c(OC(C)=O)c4c(cc12)OC(C)C(C)C4=O)OC(C)C(C)C3=O.CC1Oc2cc3c(-c4c(O)cc(O)c5c(O)c6c(cc45)OC(C)C(C)C6=O)c(O)cc(O)c3c(O)c2C(=O)C1C. The lowest BCUT2D eigenvalue weighted by atomic mass is 9.84. The summed E-state index contributed by atoms with van der Waals surface area (Å²) in [5, 5.41) is 65.3. The van der Waals surface area contributed by atoms with Crippen LogP contribution in [-0.4, -0.2) is 114 Å². The number of benzene rings is 8. The molecule has 0 radical (unpaired) electrons. The Balaban J connectivity index is 0.000000212. The van der Waals surface area contributed by atoms with Gasteiger partial charge in [0.1, 0.15) is 127 Å². The van der Waals surface area contributed by atoms with Crippen molar-refractivity contribution < 1.29 is 126 Å². The zero-order chi connectivity index (χ0) is 71.6. The van der Waals surface area contributed by atoms with Gasteiger partial charge in [-0.2, -0.15) is 0 Å². The zero-order valence-electron chi connectivity index (χ0n) is 55.1. The highest BCUT2D eigenvalue weighted by molar-refractivity contribution is 6.23. The normalized spacial score (nSPS) is 19.8. The smallest absolute Gasteiger partial charge is 0.308 e. The number of ether oxygens (including phenoxy) is 10. The van der Waals surface area contributed by atoms with Crippen molar-refractivity contribution in [2.24, 2.45) is 23.7 Å². The van der Waals surface area contributed by atoms with Crippen LogP contribution in [0.5, 0.6) is 92.0 Å². The molecule has 0 aliphatic carbocycles. The number of carbonyl (C=O) groups is 10. The summed E-state index contributed by atoms with van der Waals surface area (Å²) >= 11 is 0. The molecule has 26 nitrogen and oxygen atoms in total. The van der Waals surface area contributed by atoms with Gasteiger partial charge in [0.05, 0.1) is 45.2 Å². The fourth-order valence-corrected chi connectivity index (χ4v) is 12.7. The molecule has 8 aromatic carbocycles. The Bertz CT molecular complexity index is 4670. The van der Waals surface area contributed by atoms with Crippen molar-refractivity contribution in [1.82, 2.24) is 0 Å². The first-order valence-electron chi connectivity index (χ1n) is 30.8. The number of fused-ring (bicyclic) bond motifs is 8. The zero-order valence-corrected chi connectivity index (χ0v) is 55.1. The van der Waals surface area contributed by atoms with Gasteiger partial charge in [0.15, 0.2) is 34.6 Å². The summed E-state index contributed by atoms with van der Waals surface area (Å²) in [6.45, 7) is 19.8. The van der Waals surface area contributed by atoms with Crippen molar-refractivity contribution >= 4 is 102 Å². The second-order valence-corrected chi connectivity index (χ2v) is 24.6. The van der Waals surface area contributed by atoms with Gasteiger partial charge in [0.2, 0.25) is 0 Å². The predicted molar refractivity (Wildman–Crippen MR) is 346 cm³/mol. The van der Waals surface area contributed by atoms with Crippen LogP contribution < -0.4 is 47.4 Å². The number of phenols is 6. The Morgan fingerprint density at radius 3 is 0.816 bits per heavy atom. The van der Waals surface area contributed by atoms with Crippen LogP contribution in [0, 0.1) is 23.7 Å². The van der Waals surface area contributed by atoms with Crippen molar-refractivity contribution in [1.29, 1.82) is 0 Å². The molecule has 0 amide bonds. The number of carbonyl (C=O) groups excluding carboxylic acids is 10. The van der Waals surface area contributed by atoms with Crippen LogP contribution in [0.25, 0.3) is 65.3 Å². The maximum absolute atomic E-state index is 14.0. The van der Waals surface area contributed by atoms with E-state index in [9.17, 15) is 78.6 Å². The van der Waals surface area contributed by atoms with Crippen molar-refractivity contribution in [3.8, 4) is 114 Å². The highest BCUT2D eigenvalue weighted by atomic mass is 16.6. The largest absolute Gasteiger partial charge is 0.507 e. The summed E-state index contributed by atoms with van der Waals surface area (Å²) in [6, 6.07) is 9.68. The second kappa shape index (κ2) is 24.8. The van der Waals surface area contributed by atoms with Gasteiger partial charge in [-0.3, -0.25) is 47.9 Å². The van der Waals surface area contributed by atoms with Gasteiger partial charge in [-0.1, -0.05) is 27.7 Å². The fourth-order valence-electron chi connectivity index (χ4n) is 12.7. The Morgan fingerprint density at radius 1 is 0.296 bits per heavy atom. The minimum Gasteiger partial charge on any atom is -0.507 e. The lowest BCUT2D eigenvalue weighted by Crippen LogP contribution is -2.34. The van der Waals surface area contributed by atoms with E-state index in [0.29, 0.717) is 0 Å². The highest BCUT2D eigenvalue weighted by Crippen LogP contribution is 2.60. The van der Waals surface area contributed by atoms with E-state index in [1.807, 2.05) is 0 Å². The first kappa shape index (κ1) is 67.7. The van der Waals surface area contributed by atoms with Gasteiger partial charge in [-0.15, -0.1) is 0 Å². The number of phenolic OH excluding ortho intramolecular Hbond substituents is 6. The van der Waals surface area contributed by atoms with E-state index in [0.717, 1.165) is 65.8 Å². The first-order valence-corrected chi connectivity index (χ1v) is 30.8. The molecule has 4 aliphatic heterocycles. The standard InChI is InChI=1S/C42H38O16.C30H26O10/c1-15-17(3)51-27-11-25-33(29(53-19(5)43)13-31(55-21(7)45)35(25)41(57-23(9)47)37(27)39(15)49)34-26-12-28-38(40(50)16(2)18(4)52-28)42(58-24(10)48)36(26)32(56-22(8)46)14-30(34)54-20(6)44;1-9-11(3)39-19-5-13-21(15(31)7-17(33)23(13)29(37)25(19)27(9)35)22-14-6-20-26(28(36)10(2)12(4)40-20)30(38)24(14)18(34)8-16(22)32/h11-18H,1-10H3;5-12,31-34,37-38H,1-4H3. The molecule has 0 saturated heterocycles. The van der Waals surface area contributed by atoms with Gasteiger partial charge in [0.25, 0.3) is 0 Å². The molecule has 8 aromatic rings. The van der Waals surface area contributed by atoms with Gasteiger partial charge < -0.3 is 78.0 Å². The minimum atomic E-state index is -0.869. The third-order valence-electron chi connectivity index (χ3n) is 17.9. The van der Waals surface area contributed by atoms with Crippen LogP contribution in [0.4, 0.5) is 0 Å². The quantitative estimate of drug-likeness (QED) is 0.0608. The molecule has 12 rings (SSSR count). The number of hydrogen-bond donors (Lipinski definition) is 6. The lowest BCUT2D eigenvalue weighted by Gasteiger charge is -2.31. The number of Topliss-reactive ketones (excluding diaryl/α,β-unsaturated/α-hetero) is 4. The molecule has 6 N–H and O–H groups in total. The van der Waals surface area contributed by atoms with Crippen LogP contribution in [0.1, 0.15) is 138 Å². The van der Waals surface area contributed by atoms with Gasteiger partial charge >= 0.3 is 35.8 Å². The average Bonchev–Trinajstić information content (AvgIpc) is 0.717. The monoisotopic (exact) mass is 1340 g/mol. The molecule has 8 atom stereocenters. The predicted octanol–water partition coefficient (Wildman–Crippen LogP) is 11.5. The number of hydrogen-bond acceptors (Lipinski definition) is 26. The summed E-state index contributed by atoms with van der Waals surface area (Å²) in [4.78, 5) is 131. The Hall–Kier alpha value is -11.7. The molecule has 26 heteroatoms. The van der Waals surface area contributed by atoms with E-state index in [1.165, 1.54) is 24.3 Å². The molecule has 4 aliphatic rings. The van der Waals surface area contributed by atoms with Crippen LogP contribution in [0.3, 0.4) is 0 Å². The van der Waals surface area contributed by atoms with Gasteiger partial charge in [-0.25, -0.2) is 0 Å². The molecule has 4 heterocycles. The van der Waals surface area contributed by atoms with E-state index in [-0.39, 0.29) is 157 Å². The summed E-state index contributed by atoms with van der Waals surface area (Å²) in [6.07, 6.45) is -2.44. The third-order valence-corrected chi connectivity index (χ3v) is 17.9.